The minimum absolute atomic E-state index is 0.0348. The van der Waals surface area contributed by atoms with Crippen LogP contribution in [0.15, 0.2) is 12.3 Å². The highest BCUT2D eigenvalue weighted by Gasteiger charge is 2.30. The van der Waals surface area contributed by atoms with E-state index in [1.165, 1.54) is 6.20 Å². The fourth-order valence-corrected chi connectivity index (χ4v) is 2.26. The van der Waals surface area contributed by atoms with Crippen LogP contribution in [0.5, 0.6) is 0 Å². The Balaban J connectivity index is 2.25. The van der Waals surface area contributed by atoms with Crippen molar-refractivity contribution in [3.8, 4) is 0 Å². The van der Waals surface area contributed by atoms with E-state index in [0.29, 0.717) is 17.8 Å². The Morgan fingerprint density at radius 1 is 1.63 bits per heavy atom. The monoisotopic (exact) mass is 264 g/mol. The van der Waals surface area contributed by atoms with Gasteiger partial charge in [-0.15, -0.1) is 0 Å². The molecule has 1 aliphatic rings. The Labute approximate surface area is 112 Å². The van der Waals surface area contributed by atoms with E-state index in [-0.39, 0.29) is 18.6 Å². The number of pyridine rings is 1. The zero-order valence-electron chi connectivity index (χ0n) is 11.1. The predicted octanol–water partition coefficient (Wildman–Crippen LogP) is 0.663. The molecular formula is C13H20N4O2. The first-order valence-electron chi connectivity index (χ1n) is 6.52. The third kappa shape index (κ3) is 2.85. The lowest BCUT2D eigenvalue weighted by atomic mass is 9.91. The van der Waals surface area contributed by atoms with Gasteiger partial charge in [-0.25, -0.2) is 0 Å². The summed E-state index contributed by atoms with van der Waals surface area (Å²) in [4.78, 5) is 18.4. The maximum atomic E-state index is 12.5. The molecular weight excluding hydrogens is 244 g/mol. The average Bonchev–Trinajstić information content (AvgIpc) is 2.35. The standard InChI is InChI=1S/C13H20N4O2/c1-9-7-12(16-14)11(8-15-9)13(19)17(5-6-18)10-3-2-4-10/h7-8,10,18H,2-6,14H2,1H3,(H,15,16). The lowest BCUT2D eigenvalue weighted by molar-refractivity contribution is 0.0526. The summed E-state index contributed by atoms with van der Waals surface area (Å²) in [7, 11) is 0. The van der Waals surface area contributed by atoms with E-state index in [0.717, 1.165) is 25.0 Å². The molecule has 1 aromatic heterocycles. The van der Waals surface area contributed by atoms with E-state index < -0.39 is 0 Å². The summed E-state index contributed by atoms with van der Waals surface area (Å²) >= 11 is 0. The SMILES string of the molecule is Cc1cc(NN)c(C(=O)N(CCO)C2CCC2)cn1. The highest BCUT2D eigenvalue weighted by atomic mass is 16.3. The Bertz CT molecular complexity index is 460. The molecule has 1 amide bonds. The molecule has 0 aliphatic heterocycles. The van der Waals surface area contributed by atoms with Crippen LogP contribution in [0.25, 0.3) is 0 Å². The second kappa shape index (κ2) is 5.99. The number of aryl methyl sites for hydroxylation is 1. The molecule has 0 saturated heterocycles. The van der Waals surface area contributed by atoms with Gasteiger partial charge in [-0.05, 0) is 32.3 Å². The third-order valence-electron chi connectivity index (χ3n) is 3.54. The molecule has 0 atom stereocenters. The molecule has 1 saturated carbocycles. The topological polar surface area (TPSA) is 91.5 Å². The van der Waals surface area contributed by atoms with E-state index in [2.05, 4.69) is 10.4 Å². The van der Waals surface area contributed by atoms with Gasteiger partial charge in [-0.3, -0.25) is 15.6 Å². The maximum Gasteiger partial charge on any atom is 0.257 e. The molecule has 2 rings (SSSR count). The normalized spacial score (nSPS) is 14.9. The van der Waals surface area contributed by atoms with Gasteiger partial charge in [-0.1, -0.05) is 0 Å². The van der Waals surface area contributed by atoms with E-state index in [9.17, 15) is 4.79 Å². The first-order valence-corrected chi connectivity index (χ1v) is 6.52. The van der Waals surface area contributed by atoms with Crippen molar-refractivity contribution in [3.05, 3.63) is 23.5 Å². The number of nitrogens with two attached hydrogens (primary N) is 1. The number of anilines is 1. The first kappa shape index (κ1) is 13.8. The number of rotatable bonds is 5. The number of hydrogen-bond acceptors (Lipinski definition) is 5. The largest absolute Gasteiger partial charge is 0.395 e. The van der Waals surface area contributed by atoms with Gasteiger partial charge in [0.25, 0.3) is 5.91 Å². The quantitative estimate of drug-likeness (QED) is 0.537. The number of nitrogens with one attached hydrogen (secondary N) is 1. The number of nitrogen functional groups attached to an aromatic ring is 1. The van der Waals surface area contributed by atoms with Crippen LogP contribution in [-0.2, 0) is 0 Å². The molecule has 0 aromatic carbocycles. The smallest absolute Gasteiger partial charge is 0.257 e. The second-order valence-corrected chi connectivity index (χ2v) is 4.82. The number of aliphatic hydroxyl groups is 1. The summed E-state index contributed by atoms with van der Waals surface area (Å²) in [5.74, 6) is 5.33. The number of carbonyl (C=O) groups excluding carboxylic acids is 1. The van der Waals surface area contributed by atoms with Gasteiger partial charge in [0, 0.05) is 24.5 Å². The summed E-state index contributed by atoms with van der Waals surface area (Å²) in [6, 6.07) is 1.97. The summed E-state index contributed by atoms with van der Waals surface area (Å²) < 4.78 is 0. The van der Waals surface area contributed by atoms with Gasteiger partial charge < -0.3 is 15.4 Å². The number of hydrogen-bond donors (Lipinski definition) is 3. The van der Waals surface area contributed by atoms with Crippen molar-refractivity contribution in [2.75, 3.05) is 18.6 Å². The molecule has 1 aliphatic carbocycles. The molecule has 0 unspecified atom stereocenters. The van der Waals surface area contributed by atoms with Gasteiger partial charge in [0.15, 0.2) is 0 Å². The minimum Gasteiger partial charge on any atom is -0.395 e. The summed E-state index contributed by atoms with van der Waals surface area (Å²) in [5, 5.41) is 9.12. The zero-order chi connectivity index (χ0) is 13.8. The van der Waals surface area contributed by atoms with Crippen LogP contribution in [0.2, 0.25) is 0 Å². The van der Waals surface area contributed by atoms with Crippen LogP contribution in [-0.4, -0.2) is 40.1 Å². The van der Waals surface area contributed by atoms with Gasteiger partial charge in [0.2, 0.25) is 0 Å². The lowest BCUT2D eigenvalue weighted by Gasteiger charge is -2.37. The fraction of sp³-hybridized carbons (Fsp3) is 0.538. The van der Waals surface area contributed by atoms with E-state index >= 15 is 0 Å². The minimum atomic E-state index is -0.126. The average molecular weight is 264 g/mol. The number of nitrogens with zero attached hydrogens (tertiary/aromatic N) is 2. The highest BCUT2D eigenvalue weighted by molar-refractivity contribution is 5.99. The Morgan fingerprint density at radius 3 is 2.89 bits per heavy atom. The maximum absolute atomic E-state index is 12.5. The summed E-state index contributed by atoms with van der Waals surface area (Å²) in [6.07, 6.45) is 4.66. The molecule has 0 radical (unpaired) electrons. The van der Waals surface area contributed by atoms with E-state index in [4.69, 9.17) is 10.9 Å². The molecule has 1 heterocycles. The van der Waals surface area contributed by atoms with Crippen molar-refractivity contribution in [2.24, 2.45) is 5.84 Å². The first-order chi connectivity index (χ1) is 9.17. The third-order valence-corrected chi connectivity index (χ3v) is 3.54. The highest BCUT2D eigenvalue weighted by Crippen LogP contribution is 2.27. The molecule has 104 valence electrons. The van der Waals surface area contributed by atoms with Crippen LogP contribution in [0.3, 0.4) is 0 Å². The summed E-state index contributed by atoms with van der Waals surface area (Å²) in [5.41, 5.74) is 4.35. The molecule has 6 heteroatoms. The number of aromatic nitrogens is 1. The van der Waals surface area contributed by atoms with Gasteiger partial charge in [0.05, 0.1) is 17.9 Å². The molecule has 0 spiro atoms. The number of carbonyl (C=O) groups is 1. The van der Waals surface area contributed by atoms with Crippen LogP contribution >= 0.6 is 0 Å². The lowest BCUT2D eigenvalue weighted by Crippen LogP contribution is -2.45. The summed E-state index contributed by atoms with van der Waals surface area (Å²) in [6.45, 7) is 2.15. The van der Waals surface area contributed by atoms with Gasteiger partial charge in [0.1, 0.15) is 0 Å². The van der Waals surface area contributed by atoms with Crippen molar-refractivity contribution in [3.63, 3.8) is 0 Å². The van der Waals surface area contributed by atoms with Crippen molar-refractivity contribution in [1.82, 2.24) is 9.88 Å². The van der Waals surface area contributed by atoms with Crippen molar-refractivity contribution < 1.29 is 9.90 Å². The van der Waals surface area contributed by atoms with Crippen molar-refractivity contribution in [2.45, 2.75) is 32.2 Å². The van der Waals surface area contributed by atoms with Gasteiger partial charge >= 0.3 is 0 Å². The molecule has 6 nitrogen and oxygen atoms in total. The number of aliphatic hydroxyl groups excluding tert-OH is 1. The van der Waals surface area contributed by atoms with Crippen LogP contribution in [0.1, 0.15) is 35.3 Å². The number of amides is 1. The predicted molar refractivity (Wildman–Crippen MR) is 72.5 cm³/mol. The molecule has 1 fully saturated rings. The zero-order valence-corrected chi connectivity index (χ0v) is 11.1. The molecule has 4 N–H and O–H groups in total. The fourth-order valence-electron chi connectivity index (χ4n) is 2.26. The molecule has 1 aromatic rings. The van der Waals surface area contributed by atoms with Crippen LogP contribution < -0.4 is 11.3 Å². The van der Waals surface area contributed by atoms with E-state index in [1.54, 1.807) is 11.0 Å². The number of hydrazine groups is 1. The van der Waals surface area contributed by atoms with Crippen LogP contribution in [0.4, 0.5) is 5.69 Å². The van der Waals surface area contributed by atoms with E-state index in [1.807, 2.05) is 6.92 Å². The molecule has 0 bridgehead atoms. The second-order valence-electron chi connectivity index (χ2n) is 4.82. The van der Waals surface area contributed by atoms with Gasteiger partial charge in [-0.2, -0.15) is 0 Å². The Morgan fingerprint density at radius 2 is 2.37 bits per heavy atom. The van der Waals surface area contributed by atoms with Crippen molar-refractivity contribution in [1.29, 1.82) is 0 Å². The molecule has 19 heavy (non-hydrogen) atoms. The Kier molecular flexibility index (Phi) is 4.34. The van der Waals surface area contributed by atoms with Crippen molar-refractivity contribution >= 4 is 11.6 Å². The van der Waals surface area contributed by atoms with Crippen LogP contribution in [0, 0.1) is 6.92 Å². The Hall–Kier alpha value is -1.66.